The SMILES string of the molecule is NC1(c2ccsc2)CC(F)(F)C1. The van der Waals surface area contributed by atoms with Crippen molar-refractivity contribution in [1.29, 1.82) is 0 Å². The van der Waals surface area contributed by atoms with Crippen molar-refractivity contribution in [3.63, 3.8) is 0 Å². The monoisotopic (exact) mass is 189 g/mol. The Balaban J connectivity index is 2.18. The van der Waals surface area contributed by atoms with Crippen molar-refractivity contribution in [3.8, 4) is 0 Å². The van der Waals surface area contributed by atoms with Gasteiger partial charge >= 0.3 is 0 Å². The summed E-state index contributed by atoms with van der Waals surface area (Å²) in [7, 11) is 0. The Labute approximate surface area is 73.2 Å². The van der Waals surface area contributed by atoms with Crippen molar-refractivity contribution in [2.45, 2.75) is 24.3 Å². The lowest BCUT2D eigenvalue weighted by Crippen LogP contribution is -2.55. The molecule has 0 amide bonds. The molecule has 1 aromatic rings. The lowest BCUT2D eigenvalue weighted by Gasteiger charge is -2.44. The molecule has 0 unspecified atom stereocenters. The maximum absolute atomic E-state index is 12.5. The van der Waals surface area contributed by atoms with Gasteiger partial charge in [0.05, 0.1) is 5.54 Å². The number of hydrogen-bond acceptors (Lipinski definition) is 2. The van der Waals surface area contributed by atoms with Gasteiger partial charge in [-0.3, -0.25) is 0 Å². The lowest BCUT2D eigenvalue weighted by molar-refractivity contribution is -0.124. The van der Waals surface area contributed by atoms with Crippen LogP contribution in [0.15, 0.2) is 16.8 Å². The van der Waals surface area contributed by atoms with Crippen LogP contribution in [-0.4, -0.2) is 5.92 Å². The molecule has 66 valence electrons. The van der Waals surface area contributed by atoms with E-state index in [4.69, 9.17) is 5.73 Å². The summed E-state index contributed by atoms with van der Waals surface area (Å²) in [6, 6.07) is 1.82. The zero-order valence-electron chi connectivity index (χ0n) is 6.39. The number of thiophene rings is 1. The molecule has 0 atom stereocenters. The third kappa shape index (κ3) is 1.15. The average molecular weight is 189 g/mol. The first kappa shape index (κ1) is 8.13. The van der Waals surface area contributed by atoms with E-state index in [0.717, 1.165) is 5.56 Å². The predicted octanol–water partition coefficient (Wildman–Crippen LogP) is 2.33. The molecular formula is C8H9F2NS. The number of nitrogens with two attached hydrogens (primary N) is 1. The second-order valence-electron chi connectivity index (χ2n) is 3.38. The van der Waals surface area contributed by atoms with Crippen LogP contribution < -0.4 is 5.73 Å². The molecule has 1 aromatic heterocycles. The van der Waals surface area contributed by atoms with Gasteiger partial charge in [0.1, 0.15) is 0 Å². The molecule has 0 bridgehead atoms. The van der Waals surface area contributed by atoms with E-state index >= 15 is 0 Å². The van der Waals surface area contributed by atoms with Gasteiger partial charge < -0.3 is 5.73 Å². The van der Waals surface area contributed by atoms with Crippen molar-refractivity contribution in [3.05, 3.63) is 22.4 Å². The molecule has 12 heavy (non-hydrogen) atoms. The second-order valence-corrected chi connectivity index (χ2v) is 4.16. The van der Waals surface area contributed by atoms with Crippen LogP contribution in [0.2, 0.25) is 0 Å². The van der Waals surface area contributed by atoms with Gasteiger partial charge in [-0.1, -0.05) is 0 Å². The first-order valence-corrected chi connectivity index (χ1v) is 4.66. The van der Waals surface area contributed by atoms with E-state index in [0.29, 0.717) is 0 Å². The maximum Gasteiger partial charge on any atom is 0.252 e. The molecule has 0 aromatic carbocycles. The summed E-state index contributed by atoms with van der Waals surface area (Å²) < 4.78 is 25.1. The van der Waals surface area contributed by atoms with Gasteiger partial charge in [0, 0.05) is 12.8 Å². The summed E-state index contributed by atoms with van der Waals surface area (Å²) >= 11 is 1.49. The molecule has 0 saturated heterocycles. The number of halogens is 2. The molecule has 0 radical (unpaired) electrons. The van der Waals surface area contributed by atoms with Gasteiger partial charge in [0.25, 0.3) is 5.92 Å². The zero-order chi connectivity index (χ0) is 8.82. The Bertz CT molecular complexity index is 273. The molecule has 1 heterocycles. The van der Waals surface area contributed by atoms with Crippen LogP contribution in [0, 0.1) is 0 Å². The zero-order valence-corrected chi connectivity index (χ0v) is 7.20. The van der Waals surface area contributed by atoms with Crippen LogP contribution in [-0.2, 0) is 5.54 Å². The smallest absolute Gasteiger partial charge is 0.252 e. The molecule has 1 aliphatic rings. The maximum atomic E-state index is 12.5. The molecule has 2 rings (SSSR count). The van der Waals surface area contributed by atoms with Crippen molar-refractivity contribution in [2.75, 3.05) is 0 Å². The van der Waals surface area contributed by atoms with Gasteiger partial charge in [0.15, 0.2) is 0 Å². The molecule has 1 aliphatic carbocycles. The van der Waals surface area contributed by atoms with E-state index in [1.54, 1.807) is 0 Å². The minimum Gasteiger partial charge on any atom is -0.321 e. The van der Waals surface area contributed by atoms with Gasteiger partial charge in [-0.05, 0) is 22.4 Å². The first-order valence-electron chi connectivity index (χ1n) is 3.71. The Hall–Kier alpha value is -0.480. The van der Waals surface area contributed by atoms with Crippen molar-refractivity contribution in [1.82, 2.24) is 0 Å². The Kier molecular flexibility index (Phi) is 1.53. The fraction of sp³-hybridized carbons (Fsp3) is 0.500. The molecule has 1 saturated carbocycles. The fourth-order valence-electron chi connectivity index (χ4n) is 1.62. The molecule has 1 fully saturated rings. The minimum atomic E-state index is -2.54. The van der Waals surface area contributed by atoms with Crippen LogP contribution in [0.25, 0.3) is 0 Å². The highest BCUT2D eigenvalue weighted by atomic mass is 32.1. The van der Waals surface area contributed by atoms with Crippen LogP contribution >= 0.6 is 11.3 Å². The van der Waals surface area contributed by atoms with E-state index in [1.807, 2.05) is 16.8 Å². The summed E-state index contributed by atoms with van der Waals surface area (Å²) in [4.78, 5) is 0. The summed E-state index contributed by atoms with van der Waals surface area (Å²) in [5, 5.41) is 3.70. The van der Waals surface area contributed by atoms with Crippen LogP contribution in [0.4, 0.5) is 8.78 Å². The summed E-state index contributed by atoms with van der Waals surface area (Å²) in [6.45, 7) is 0. The van der Waals surface area contributed by atoms with E-state index in [-0.39, 0.29) is 12.8 Å². The van der Waals surface area contributed by atoms with E-state index in [9.17, 15) is 8.78 Å². The highest BCUT2D eigenvalue weighted by Crippen LogP contribution is 2.50. The largest absolute Gasteiger partial charge is 0.321 e. The van der Waals surface area contributed by atoms with Crippen LogP contribution in [0.5, 0.6) is 0 Å². The molecule has 0 aliphatic heterocycles. The van der Waals surface area contributed by atoms with Gasteiger partial charge in [-0.2, -0.15) is 11.3 Å². The van der Waals surface area contributed by atoms with Crippen LogP contribution in [0.3, 0.4) is 0 Å². The molecule has 0 spiro atoms. The van der Waals surface area contributed by atoms with Crippen molar-refractivity contribution < 1.29 is 8.78 Å². The second kappa shape index (κ2) is 2.26. The quantitative estimate of drug-likeness (QED) is 0.721. The van der Waals surface area contributed by atoms with Crippen LogP contribution in [0.1, 0.15) is 18.4 Å². The minimum absolute atomic E-state index is 0.212. The van der Waals surface area contributed by atoms with Crippen molar-refractivity contribution >= 4 is 11.3 Å². The Morgan fingerprint density at radius 3 is 2.50 bits per heavy atom. The fourth-order valence-corrected chi connectivity index (χ4v) is 2.39. The normalized spacial score (nSPS) is 24.9. The topological polar surface area (TPSA) is 26.0 Å². The number of hydrogen-bond donors (Lipinski definition) is 1. The molecule has 1 nitrogen and oxygen atoms in total. The van der Waals surface area contributed by atoms with Gasteiger partial charge in [-0.25, -0.2) is 8.78 Å². The highest BCUT2D eigenvalue weighted by Gasteiger charge is 2.55. The third-order valence-electron chi connectivity index (χ3n) is 2.24. The standard InChI is InChI=1S/C8H9F2NS/c9-8(10)4-7(11,5-8)6-1-2-12-3-6/h1-3H,4-5,11H2. The molecular weight excluding hydrogens is 180 g/mol. The Morgan fingerprint density at radius 2 is 2.08 bits per heavy atom. The summed E-state index contributed by atoms with van der Waals surface area (Å²) in [5.74, 6) is -2.54. The third-order valence-corrected chi connectivity index (χ3v) is 2.93. The Morgan fingerprint density at radius 1 is 1.42 bits per heavy atom. The van der Waals surface area contributed by atoms with Crippen molar-refractivity contribution in [2.24, 2.45) is 5.73 Å². The molecule has 4 heteroatoms. The first-order chi connectivity index (χ1) is 5.52. The lowest BCUT2D eigenvalue weighted by atomic mass is 9.71. The number of rotatable bonds is 1. The highest BCUT2D eigenvalue weighted by molar-refractivity contribution is 7.08. The number of alkyl halides is 2. The van der Waals surface area contributed by atoms with Gasteiger partial charge in [-0.15, -0.1) is 0 Å². The molecule has 2 N–H and O–H groups in total. The summed E-state index contributed by atoms with van der Waals surface area (Å²) in [5.41, 5.74) is 5.86. The van der Waals surface area contributed by atoms with Gasteiger partial charge in [0.2, 0.25) is 0 Å². The average Bonchev–Trinajstić information content (AvgIpc) is 2.31. The van der Waals surface area contributed by atoms with E-state index < -0.39 is 11.5 Å². The van der Waals surface area contributed by atoms with E-state index in [1.165, 1.54) is 11.3 Å². The van der Waals surface area contributed by atoms with E-state index in [2.05, 4.69) is 0 Å². The predicted molar refractivity (Wildman–Crippen MR) is 44.4 cm³/mol. The summed E-state index contributed by atoms with van der Waals surface area (Å²) in [6.07, 6.45) is -0.423.